The van der Waals surface area contributed by atoms with Gasteiger partial charge in [0.1, 0.15) is 12.2 Å². The second-order valence-electron chi connectivity index (χ2n) is 4.08. The summed E-state index contributed by atoms with van der Waals surface area (Å²) in [5.74, 6) is -1.52. The highest BCUT2D eigenvalue weighted by atomic mass is 35.5. The van der Waals surface area contributed by atoms with Crippen LogP contribution in [0.2, 0.25) is 5.02 Å². The summed E-state index contributed by atoms with van der Waals surface area (Å²) in [5.41, 5.74) is 0.198. The van der Waals surface area contributed by atoms with Crippen LogP contribution in [0.1, 0.15) is 10.5 Å². The van der Waals surface area contributed by atoms with E-state index in [0.29, 0.717) is 10.4 Å². The first kappa shape index (κ1) is 13.3. The van der Waals surface area contributed by atoms with Crippen LogP contribution in [0, 0.1) is 0 Å². The van der Waals surface area contributed by atoms with E-state index in [1.807, 2.05) is 0 Å². The van der Waals surface area contributed by atoms with Crippen LogP contribution in [0.5, 0.6) is 0 Å². The summed E-state index contributed by atoms with van der Waals surface area (Å²) in [6.07, 6.45) is 1.51. The number of hydrogen-bond acceptors (Lipinski definition) is 3. The highest BCUT2D eigenvalue weighted by Gasteiger charge is 2.18. The van der Waals surface area contributed by atoms with Crippen LogP contribution < -0.4 is 0 Å². The second kappa shape index (κ2) is 5.24. The zero-order valence-electron chi connectivity index (χ0n) is 10.1. The maximum atomic E-state index is 12.2. The zero-order valence-corrected chi connectivity index (χ0v) is 10.9. The number of fused-ring (bicyclic) bond motifs is 1. The summed E-state index contributed by atoms with van der Waals surface area (Å²) < 4.78 is 0. The van der Waals surface area contributed by atoms with Crippen LogP contribution in [0.15, 0.2) is 30.5 Å². The van der Waals surface area contributed by atoms with Crippen molar-refractivity contribution in [3.63, 3.8) is 0 Å². The summed E-state index contributed by atoms with van der Waals surface area (Å²) in [5, 5.41) is 10.6. The average Bonchev–Trinajstić information content (AvgIpc) is 2.36. The number of rotatable bonds is 3. The van der Waals surface area contributed by atoms with Crippen LogP contribution >= 0.6 is 11.6 Å². The maximum Gasteiger partial charge on any atom is 0.323 e. The molecule has 0 radical (unpaired) electrons. The summed E-state index contributed by atoms with van der Waals surface area (Å²) in [7, 11) is 1.42. The quantitative estimate of drug-likeness (QED) is 0.933. The number of carbonyl (C=O) groups excluding carboxylic acids is 1. The summed E-state index contributed by atoms with van der Waals surface area (Å²) in [6, 6.07) is 6.91. The molecule has 1 aromatic heterocycles. The average molecular weight is 279 g/mol. The van der Waals surface area contributed by atoms with Crippen molar-refractivity contribution in [3.05, 3.63) is 41.2 Å². The van der Waals surface area contributed by atoms with Crippen molar-refractivity contribution in [2.45, 2.75) is 0 Å². The molecular weight excluding hydrogens is 268 g/mol. The fourth-order valence-corrected chi connectivity index (χ4v) is 1.94. The van der Waals surface area contributed by atoms with Crippen LogP contribution in [0.25, 0.3) is 10.8 Å². The molecule has 1 heterocycles. The molecule has 98 valence electrons. The fourth-order valence-electron chi connectivity index (χ4n) is 1.77. The molecule has 0 spiro atoms. The Morgan fingerprint density at radius 2 is 2.11 bits per heavy atom. The Bertz CT molecular complexity index is 657. The molecule has 0 saturated carbocycles. The molecule has 0 saturated heterocycles. The molecule has 0 bridgehead atoms. The first-order valence-corrected chi connectivity index (χ1v) is 5.88. The van der Waals surface area contributed by atoms with Gasteiger partial charge in [-0.25, -0.2) is 0 Å². The Labute approximate surface area is 114 Å². The number of carbonyl (C=O) groups is 2. The van der Waals surface area contributed by atoms with Crippen LogP contribution in [0.3, 0.4) is 0 Å². The number of nitrogens with zero attached hydrogens (tertiary/aromatic N) is 2. The van der Waals surface area contributed by atoms with Crippen LogP contribution in [0.4, 0.5) is 0 Å². The predicted molar refractivity (Wildman–Crippen MR) is 71.3 cm³/mol. The molecule has 0 aliphatic rings. The molecule has 0 aliphatic carbocycles. The minimum Gasteiger partial charge on any atom is -0.480 e. The Balaban J connectivity index is 2.47. The van der Waals surface area contributed by atoms with Crippen LogP contribution in [-0.2, 0) is 4.79 Å². The van der Waals surface area contributed by atoms with Gasteiger partial charge in [-0.15, -0.1) is 0 Å². The van der Waals surface area contributed by atoms with E-state index < -0.39 is 11.9 Å². The zero-order chi connectivity index (χ0) is 14.0. The van der Waals surface area contributed by atoms with Gasteiger partial charge in [-0.1, -0.05) is 17.7 Å². The highest BCUT2D eigenvalue weighted by Crippen LogP contribution is 2.22. The van der Waals surface area contributed by atoms with Crippen molar-refractivity contribution in [3.8, 4) is 0 Å². The van der Waals surface area contributed by atoms with Crippen LogP contribution in [-0.4, -0.2) is 40.5 Å². The van der Waals surface area contributed by atoms with Crippen molar-refractivity contribution >= 4 is 34.2 Å². The molecule has 0 unspecified atom stereocenters. The normalized spacial score (nSPS) is 10.4. The van der Waals surface area contributed by atoms with E-state index in [0.717, 1.165) is 10.3 Å². The third kappa shape index (κ3) is 2.82. The molecule has 5 nitrogen and oxygen atoms in total. The first-order valence-electron chi connectivity index (χ1n) is 5.50. The van der Waals surface area contributed by atoms with E-state index in [1.54, 1.807) is 24.3 Å². The van der Waals surface area contributed by atoms with Gasteiger partial charge in [0, 0.05) is 23.7 Å². The SMILES string of the molecule is CN(CC(=O)O)C(=O)c1nccc2ccc(Cl)cc12. The molecule has 2 aromatic rings. The number of halogens is 1. The van der Waals surface area contributed by atoms with Gasteiger partial charge >= 0.3 is 5.97 Å². The van der Waals surface area contributed by atoms with Gasteiger partial charge in [-0.05, 0) is 23.6 Å². The number of pyridine rings is 1. The lowest BCUT2D eigenvalue weighted by Crippen LogP contribution is -2.32. The second-order valence-corrected chi connectivity index (χ2v) is 4.52. The molecule has 19 heavy (non-hydrogen) atoms. The van der Waals surface area contributed by atoms with Gasteiger partial charge in [0.25, 0.3) is 5.91 Å². The van der Waals surface area contributed by atoms with E-state index in [2.05, 4.69) is 4.98 Å². The lowest BCUT2D eigenvalue weighted by atomic mass is 10.1. The molecule has 1 amide bonds. The number of amides is 1. The number of benzene rings is 1. The first-order chi connectivity index (χ1) is 8.99. The van der Waals surface area contributed by atoms with E-state index in [-0.39, 0.29) is 12.2 Å². The van der Waals surface area contributed by atoms with Crippen molar-refractivity contribution in [1.29, 1.82) is 0 Å². The van der Waals surface area contributed by atoms with Gasteiger partial charge in [0.2, 0.25) is 0 Å². The van der Waals surface area contributed by atoms with E-state index in [1.165, 1.54) is 13.2 Å². The van der Waals surface area contributed by atoms with E-state index >= 15 is 0 Å². The van der Waals surface area contributed by atoms with E-state index in [9.17, 15) is 9.59 Å². The van der Waals surface area contributed by atoms with Gasteiger partial charge in [-0.2, -0.15) is 0 Å². The van der Waals surface area contributed by atoms with Crippen molar-refractivity contribution in [2.24, 2.45) is 0 Å². The monoisotopic (exact) mass is 278 g/mol. The number of hydrogen-bond donors (Lipinski definition) is 1. The Morgan fingerprint density at radius 3 is 2.79 bits per heavy atom. The van der Waals surface area contributed by atoms with Gasteiger partial charge in [0.15, 0.2) is 0 Å². The number of aliphatic carboxylic acids is 1. The highest BCUT2D eigenvalue weighted by molar-refractivity contribution is 6.31. The van der Waals surface area contributed by atoms with Crippen molar-refractivity contribution in [2.75, 3.05) is 13.6 Å². The number of carboxylic acid groups (broad SMARTS) is 1. The minimum absolute atomic E-state index is 0.198. The van der Waals surface area contributed by atoms with Gasteiger partial charge in [-0.3, -0.25) is 14.6 Å². The molecule has 6 heteroatoms. The number of likely N-dealkylation sites (N-methyl/N-ethyl adjacent to an activating group) is 1. The summed E-state index contributed by atoms with van der Waals surface area (Å²) >= 11 is 5.91. The molecule has 1 aromatic carbocycles. The lowest BCUT2D eigenvalue weighted by molar-refractivity contribution is -0.137. The Kier molecular flexibility index (Phi) is 3.66. The summed E-state index contributed by atoms with van der Waals surface area (Å²) in [6.45, 7) is -0.378. The van der Waals surface area contributed by atoms with Crippen molar-refractivity contribution in [1.82, 2.24) is 9.88 Å². The lowest BCUT2D eigenvalue weighted by Gasteiger charge is -2.15. The fraction of sp³-hybridized carbons (Fsp3) is 0.154. The maximum absolute atomic E-state index is 12.2. The minimum atomic E-state index is -1.07. The molecule has 2 rings (SSSR count). The predicted octanol–water partition coefficient (Wildman–Crippen LogP) is 2.04. The summed E-state index contributed by atoms with van der Waals surface area (Å²) in [4.78, 5) is 27.9. The van der Waals surface area contributed by atoms with Crippen molar-refractivity contribution < 1.29 is 14.7 Å². The molecular formula is C13H11ClN2O3. The van der Waals surface area contributed by atoms with Gasteiger partial charge in [0.05, 0.1) is 0 Å². The number of aromatic nitrogens is 1. The topological polar surface area (TPSA) is 70.5 Å². The Hall–Kier alpha value is -2.14. The van der Waals surface area contributed by atoms with Gasteiger partial charge < -0.3 is 10.0 Å². The third-order valence-corrected chi connectivity index (χ3v) is 2.88. The smallest absolute Gasteiger partial charge is 0.323 e. The third-order valence-electron chi connectivity index (χ3n) is 2.65. The largest absolute Gasteiger partial charge is 0.480 e. The van der Waals surface area contributed by atoms with E-state index in [4.69, 9.17) is 16.7 Å². The molecule has 0 aliphatic heterocycles. The number of carboxylic acids is 1. The molecule has 0 atom stereocenters. The standard InChI is InChI=1S/C13H11ClN2O3/c1-16(7-11(17)18)13(19)12-10-6-9(14)3-2-8(10)4-5-15-12/h2-6H,7H2,1H3,(H,17,18). The molecule has 1 N–H and O–H groups in total. The molecule has 0 fully saturated rings. The Morgan fingerprint density at radius 1 is 1.37 bits per heavy atom.